The Balaban J connectivity index is 2.87. The Morgan fingerprint density at radius 3 is 2.56 bits per heavy atom. The van der Waals surface area contributed by atoms with Crippen LogP contribution in [0.25, 0.3) is 0 Å². The third-order valence-corrected chi connectivity index (χ3v) is 3.09. The lowest BCUT2D eigenvalue weighted by molar-refractivity contribution is 0.259. The van der Waals surface area contributed by atoms with Crippen molar-refractivity contribution in [1.29, 1.82) is 0 Å². The Bertz CT molecular complexity index is 485. The van der Waals surface area contributed by atoms with Crippen LogP contribution in [-0.4, -0.2) is 20.2 Å². The molecule has 0 saturated heterocycles. The molecule has 6 nitrogen and oxygen atoms in total. The van der Waals surface area contributed by atoms with Gasteiger partial charge in [0.15, 0.2) is 0 Å². The fraction of sp³-hybridized carbons (Fsp3) is 0.222. The van der Waals surface area contributed by atoms with E-state index in [0.717, 1.165) is 0 Å². The predicted molar refractivity (Wildman–Crippen MR) is 62.7 cm³/mol. The van der Waals surface area contributed by atoms with E-state index < -0.39 is 16.1 Å². The number of sulfonamides is 1. The lowest BCUT2D eigenvalue weighted by atomic mass is 10.3. The van der Waals surface area contributed by atoms with Crippen molar-refractivity contribution in [3.05, 3.63) is 24.3 Å². The molecule has 0 atom stereocenters. The first kappa shape index (κ1) is 12.3. The van der Waals surface area contributed by atoms with Crippen molar-refractivity contribution in [2.45, 2.75) is 6.92 Å². The predicted octanol–water partition coefficient (Wildman–Crippen LogP) is 0.939. The molecule has 1 rings (SSSR count). The largest absolute Gasteiger partial charge is 0.351 e. The van der Waals surface area contributed by atoms with Crippen molar-refractivity contribution in [3.63, 3.8) is 0 Å². The number of rotatable bonds is 4. The lowest BCUT2D eigenvalue weighted by Gasteiger charge is -2.07. The van der Waals surface area contributed by atoms with Crippen LogP contribution in [0.15, 0.2) is 24.3 Å². The van der Waals surface area contributed by atoms with Crippen LogP contribution in [-0.2, 0) is 10.0 Å². The molecule has 0 aliphatic rings. The topological polar surface area (TPSA) is 101 Å². The SMILES string of the molecule is CCS(=O)(=O)Nc1cccc(NC(N)=O)c1. The van der Waals surface area contributed by atoms with Crippen LogP contribution in [0.1, 0.15) is 6.92 Å². The fourth-order valence-electron chi connectivity index (χ4n) is 1.05. The Morgan fingerprint density at radius 1 is 1.38 bits per heavy atom. The molecule has 0 fully saturated rings. The molecule has 0 radical (unpaired) electrons. The molecule has 0 saturated carbocycles. The number of hydrogen-bond donors (Lipinski definition) is 3. The van der Waals surface area contributed by atoms with Gasteiger partial charge in [0.05, 0.1) is 11.4 Å². The average Bonchev–Trinajstić information content (AvgIpc) is 2.16. The van der Waals surface area contributed by atoms with E-state index in [-0.39, 0.29) is 5.75 Å². The number of anilines is 2. The van der Waals surface area contributed by atoms with Gasteiger partial charge in [-0.15, -0.1) is 0 Å². The first-order valence-corrected chi connectivity index (χ1v) is 6.25. The molecule has 0 aliphatic heterocycles. The lowest BCUT2D eigenvalue weighted by Crippen LogP contribution is -2.19. The van der Waals surface area contributed by atoms with Crippen LogP contribution in [0.3, 0.4) is 0 Å². The number of carbonyl (C=O) groups excluding carboxylic acids is 1. The molecular formula is C9H13N3O3S. The highest BCUT2D eigenvalue weighted by Gasteiger charge is 2.06. The van der Waals surface area contributed by atoms with Crippen molar-refractivity contribution in [3.8, 4) is 0 Å². The number of primary amides is 1. The molecule has 88 valence electrons. The van der Waals surface area contributed by atoms with Crippen LogP contribution in [0, 0.1) is 0 Å². The molecule has 0 spiro atoms. The number of nitrogens with two attached hydrogens (primary N) is 1. The molecule has 4 N–H and O–H groups in total. The fourth-order valence-corrected chi connectivity index (χ4v) is 1.68. The van der Waals surface area contributed by atoms with Crippen LogP contribution in [0.2, 0.25) is 0 Å². The van der Waals surface area contributed by atoms with Gasteiger partial charge in [0.1, 0.15) is 0 Å². The second-order valence-corrected chi connectivity index (χ2v) is 5.09. The summed E-state index contributed by atoms with van der Waals surface area (Å²) in [6.07, 6.45) is 0. The van der Waals surface area contributed by atoms with E-state index in [1.54, 1.807) is 18.2 Å². The first-order valence-electron chi connectivity index (χ1n) is 4.60. The number of benzene rings is 1. The summed E-state index contributed by atoms with van der Waals surface area (Å²) < 4.78 is 24.9. The third kappa shape index (κ3) is 3.77. The second-order valence-electron chi connectivity index (χ2n) is 3.08. The van der Waals surface area contributed by atoms with Gasteiger partial charge in [-0.25, -0.2) is 13.2 Å². The number of amides is 2. The van der Waals surface area contributed by atoms with E-state index in [0.29, 0.717) is 11.4 Å². The quantitative estimate of drug-likeness (QED) is 0.733. The van der Waals surface area contributed by atoms with Gasteiger partial charge in [-0.1, -0.05) is 6.07 Å². The number of hydrogen-bond acceptors (Lipinski definition) is 3. The highest BCUT2D eigenvalue weighted by molar-refractivity contribution is 7.92. The van der Waals surface area contributed by atoms with Crippen molar-refractivity contribution in [1.82, 2.24) is 0 Å². The van der Waals surface area contributed by atoms with E-state index in [9.17, 15) is 13.2 Å². The highest BCUT2D eigenvalue weighted by Crippen LogP contribution is 2.16. The number of urea groups is 1. The zero-order valence-corrected chi connectivity index (χ0v) is 9.54. The summed E-state index contributed by atoms with van der Waals surface area (Å²) >= 11 is 0. The summed E-state index contributed by atoms with van der Waals surface area (Å²) in [5, 5.41) is 2.35. The van der Waals surface area contributed by atoms with Gasteiger partial charge < -0.3 is 11.1 Å². The number of carbonyl (C=O) groups is 1. The maximum atomic E-state index is 11.3. The van der Waals surface area contributed by atoms with Crippen molar-refractivity contribution < 1.29 is 13.2 Å². The van der Waals surface area contributed by atoms with E-state index in [2.05, 4.69) is 10.0 Å². The first-order chi connectivity index (χ1) is 7.43. The van der Waals surface area contributed by atoms with Crippen LogP contribution >= 0.6 is 0 Å². The molecule has 2 amide bonds. The van der Waals surface area contributed by atoms with Gasteiger partial charge in [-0.3, -0.25) is 4.72 Å². The van der Waals surface area contributed by atoms with Crippen molar-refractivity contribution in [2.75, 3.05) is 15.8 Å². The van der Waals surface area contributed by atoms with E-state index in [1.165, 1.54) is 13.0 Å². The molecule has 0 bridgehead atoms. The molecule has 0 aromatic heterocycles. The monoisotopic (exact) mass is 243 g/mol. The summed E-state index contributed by atoms with van der Waals surface area (Å²) in [6.45, 7) is 1.54. The van der Waals surface area contributed by atoms with E-state index in [1.807, 2.05) is 0 Å². The Morgan fingerprint density at radius 2 is 2.00 bits per heavy atom. The molecule has 7 heteroatoms. The zero-order valence-electron chi connectivity index (χ0n) is 8.73. The zero-order chi connectivity index (χ0) is 12.2. The highest BCUT2D eigenvalue weighted by atomic mass is 32.2. The van der Waals surface area contributed by atoms with Gasteiger partial charge in [-0.05, 0) is 25.1 Å². The van der Waals surface area contributed by atoms with Crippen LogP contribution < -0.4 is 15.8 Å². The summed E-state index contributed by atoms with van der Waals surface area (Å²) in [4.78, 5) is 10.6. The molecule has 0 aliphatic carbocycles. The minimum Gasteiger partial charge on any atom is -0.351 e. The summed E-state index contributed by atoms with van der Waals surface area (Å²) in [7, 11) is -3.31. The molecule has 1 aromatic carbocycles. The van der Waals surface area contributed by atoms with Gasteiger partial charge in [0.25, 0.3) is 0 Å². The maximum absolute atomic E-state index is 11.3. The van der Waals surface area contributed by atoms with Crippen molar-refractivity contribution in [2.24, 2.45) is 5.73 Å². The molecule has 0 unspecified atom stereocenters. The standard InChI is InChI=1S/C9H13N3O3S/c1-2-16(14,15)12-8-5-3-4-7(6-8)11-9(10)13/h3-6,12H,2H2,1H3,(H3,10,11,13). The Kier molecular flexibility index (Phi) is 3.73. The van der Waals surface area contributed by atoms with Gasteiger partial charge >= 0.3 is 6.03 Å². The summed E-state index contributed by atoms with van der Waals surface area (Å²) in [5.74, 6) is -0.0134. The molecule has 16 heavy (non-hydrogen) atoms. The summed E-state index contributed by atoms with van der Waals surface area (Å²) in [5.41, 5.74) is 5.76. The molecule has 0 heterocycles. The Hall–Kier alpha value is -1.76. The smallest absolute Gasteiger partial charge is 0.316 e. The maximum Gasteiger partial charge on any atom is 0.316 e. The minimum absolute atomic E-state index is 0.0134. The molecular weight excluding hydrogens is 230 g/mol. The normalized spacial score (nSPS) is 10.8. The average molecular weight is 243 g/mol. The Labute approximate surface area is 93.9 Å². The van der Waals surface area contributed by atoms with Crippen LogP contribution in [0.4, 0.5) is 16.2 Å². The van der Waals surface area contributed by atoms with Gasteiger partial charge in [0, 0.05) is 5.69 Å². The third-order valence-electron chi connectivity index (χ3n) is 1.78. The van der Waals surface area contributed by atoms with Crippen LogP contribution in [0.5, 0.6) is 0 Å². The van der Waals surface area contributed by atoms with Gasteiger partial charge in [-0.2, -0.15) is 0 Å². The second kappa shape index (κ2) is 4.84. The minimum atomic E-state index is -3.31. The van der Waals surface area contributed by atoms with E-state index in [4.69, 9.17) is 5.73 Å². The number of nitrogens with one attached hydrogen (secondary N) is 2. The molecule has 1 aromatic rings. The van der Waals surface area contributed by atoms with E-state index >= 15 is 0 Å². The van der Waals surface area contributed by atoms with Gasteiger partial charge in [0.2, 0.25) is 10.0 Å². The summed E-state index contributed by atoms with van der Waals surface area (Å²) in [6, 6.07) is 5.58. The van der Waals surface area contributed by atoms with Crippen molar-refractivity contribution >= 4 is 27.4 Å².